The van der Waals surface area contributed by atoms with Crippen LogP contribution in [-0.4, -0.2) is 15.3 Å². The molecule has 0 heterocycles. The minimum atomic E-state index is 0.431. The topological polar surface area (TPSA) is 20.2 Å². The number of phenols is 1. The maximum absolute atomic E-state index is 9.34. The summed E-state index contributed by atoms with van der Waals surface area (Å²) < 4.78 is 0. The smallest absolute Gasteiger partial charge is 0.118 e. The second-order valence-electron chi connectivity index (χ2n) is 3.14. The molecule has 0 unspecified atom stereocenters. The quantitative estimate of drug-likeness (QED) is 0.755. The van der Waals surface area contributed by atoms with Crippen LogP contribution in [0.25, 0.3) is 0 Å². The highest BCUT2D eigenvalue weighted by molar-refractivity contribution is 6.16. The molecule has 14 heavy (non-hydrogen) atoms. The zero-order chi connectivity index (χ0) is 10.8. The van der Waals surface area contributed by atoms with Crippen LogP contribution >= 0.6 is 0 Å². The number of para-hydroxylation sites is 1. The number of unbranched alkanes of at least 4 members (excludes halogenated alkanes) is 1. The molecule has 1 aromatic rings. The van der Waals surface area contributed by atoms with E-state index in [0.29, 0.717) is 5.75 Å². The monoisotopic (exact) mass is 208 g/mol. The summed E-state index contributed by atoms with van der Waals surface area (Å²) in [5.41, 5.74) is 2.95. The van der Waals surface area contributed by atoms with Crippen LogP contribution in [0, 0.1) is 0 Å². The van der Waals surface area contributed by atoms with Crippen molar-refractivity contribution in [2.45, 2.75) is 26.2 Å². The van der Waals surface area contributed by atoms with E-state index in [9.17, 15) is 5.11 Å². The van der Waals surface area contributed by atoms with Gasteiger partial charge in [0.1, 0.15) is 5.75 Å². The molecule has 1 N–H and O–H groups in total. The third kappa shape index (κ3) is 5.59. The van der Waals surface area contributed by atoms with Crippen LogP contribution in [0.15, 0.2) is 36.5 Å². The highest BCUT2D eigenvalue weighted by Gasteiger charge is 1.96. The van der Waals surface area contributed by atoms with Crippen LogP contribution in [-0.2, 0) is 6.42 Å². The minimum Gasteiger partial charge on any atom is -0.508 e. The van der Waals surface area contributed by atoms with Crippen molar-refractivity contribution in [1.29, 1.82) is 0 Å². The fraction of sp³-hybridized carbons (Fsp3) is 0.333. The summed E-state index contributed by atoms with van der Waals surface area (Å²) in [6.07, 6.45) is 3.31. The van der Waals surface area contributed by atoms with Gasteiger partial charge >= 0.3 is 0 Å². The van der Waals surface area contributed by atoms with Crippen molar-refractivity contribution in [3.63, 3.8) is 0 Å². The Kier molecular flexibility index (Phi) is 7.94. The highest BCUT2D eigenvalue weighted by atomic mass is 28.1. The molecule has 0 atom stereocenters. The Morgan fingerprint density at radius 2 is 2.00 bits per heavy atom. The third-order valence-electron chi connectivity index (χ3n) is 1.79. The first-order valence-corrected chi connectivity index (χ1v) is 6.25. The van der Waals surface area contributed by atoms with Gasteiger partial charge in [-0.1, -0.05) is 31.5 Å². The van der Waals surface area contributed by atoms with Gasteiger partial charge in [0.25, 0.3) is 0 Å². The summed E-state index contributed by atoms with van der Waals surface area (Å²) in [5, 5.41) is 9.34. The first-order chi connectivity index (χ1) is 6.76. The van der Waals surface area contributed by atoms with Gasteiger partial charge in [-0.25, -0.2) is 0 Å². The largest absolute Gasteiger partial charge is 0.508 e. The number of aromatic hydroxyl groups is 1. The van der Waals surface area contributed by atoms with E-state index in [4.69, 9.17) is 0 Å². The zero-order valence-electron chi connectivity index (χ0n) is 9.16. The zero-order valence-corrected chi connectivity index (χ0v) is 11.2. The molecule has 0 spiro atoms. The van der Waals surface area contributed by atoms with E-state index in [1.165, 1.54) is 6.42 Å². The Balaban J connectivity index is 0.000000500. The van der Waals surface area contributed by atoms with Gasteiger partial charge in [-0.05, 0) is 24.5 Å². The normalized spacial score (nSPS) is 8.93. The van der Waals surface area contributed by atoms with Gasteiger partial charge in [-0.15, -0.1) is 12.3 Å². The number of hydrogen-bond acceptors (Lipinski definition) is 1. The van der Waals surface area contributed by atoms with Crippen molar-refractivity contribution in [3.05, 3.63) is 42.1 Å². The van der Waals surface area contributed by atoms with E-state index < -0.39 is 0 Å². The number of aryl methyl sites for hydroxylation is 1. The van der Waals surface area contributed by atoms with Gasteiger partial charge in [0.05, 0.1) is 0 Å². The second-order valence-corrected chi connectivity index (χ2v) is 3.96. The molecule has 0 aliphatic carbocycles. The van der Waals surface area contributed by atoms with Crippen LogP contribution in [0.3, 0.4) is 0 Å². The summed E-state index contributed by atoms with van der Waals surface area (Å²) in [7, 11) is 1.13. The predicted molar refractivity (Wildman–Crippen MR) is 66.9 cm³/mol. The lowest BCUT2D eigenvalue weighted by atomic mass is 10.1. The summed E-state index contributed by atoms with van der Waals surface area (Å²) in [5.74, 6) is 0.431. The predicted octanol–water partition coefficient (Wildman–Crippen LogP) is 2.23. The molecule has 1 nitrogen and oxygen atoms in total. The van der Waals surface area contributed by atoms with Crippen LogP contribution in [0.5, 0.6) is 5.75 Å². The standard InChI is InChI=1S/C10H14O.C2H6Si/c1-2-3-6-9-7-4-5-8-10(9)11;1-2-3/h4-5,7-8,11H,2-3,6H2,1H3;2H,1H2,3H3. The van der Waals surface area contributed by atoms with Gasteiger partial charge in [0.15, 0.2) is 0 Å². The Morgan fingerprint density at radius 1 is 1.43 bits per heavy atom. The van der Waals surface area contributed by atoms with Gasteiger partial charge in [0, 0.05) is 10.2 Å². The molecule has 0 bridgehead atoms. The SMILES string of the molecule is C=C[SiH3].CCCCc1ccccc1O. The van der Waals surface area contributed by atoms with Crippen molar-refractivity contribution in [2.24, 2.45) is 0 Å². The molecule has 2 heteroatoms. The summed E-state index contributed by atoms with van der Waals surface area (Å²) in [6, 6.07) is 7.53. The van der Waals surface area contributed by atoms with E-state index in [-0.39, 0.29) is 0 Å². The molecule has 0 saturated heterocycles. The lowest BCUT2D eigenvalue weighted by Crippen LogP contribution is -1.83. The number of benzene rings is 1. The summed E-state index contributed by atoms with van der Waals surface area (Å²) in [4.78, 5) is 0. The molecule has 1 rings (SSSR count). The highest BCUT2D eigenvalue weighted by Crippen LogP contribution is 2.17. The molecule has 0 saturated carbocycles. The molecule has 0 aromatic heterocycles. The molecular weight excluding hydrogens is 188 g/mol. The summed E-state index contributed by atoms with van der Waals surface area (Å²) >= 11 is 0. The average molecular weight is 208 g/mol. The minimum absolute atomic E-state index is 0.431. The van der Waals surface area contributed by atoms with Gasteiger partial charge < -0.3 is 5.11 Å². The first-order valence-electron chi connectivity index (χ1n) is 5.10. The van der Waals surface area contributed by atoms with Gasteiger partial charge in [-0.3, -0.25) is 0 Å². The fourth-order valence-corrected chi connectivity index (χ4v) is 1.09. The number of phenolic OH excluding ortho intramolecular Hbond substituents is 1. The second kappa shape index (κ2) is 8.57. The molecule has 78 valence electrons. The van der Waals surface area contributed by atoms with E-state index in [2.05, 4.69) is 13.5 Å². The van der Waals surface area contributed by atoms with E-state index in [1.807, 2.05) is 23.9 Å². The molecule has 1 aromatic carbocycles. The molecule has 0 fully saturated rings. The Labute approximate surface area is 89.9 Å². The van der Waals surface area contributed by atoms with Crippen LogP contribution in [0.2, 0.25) is 0 Å². The van der Waals surface area contributed by atoms with Crippen molar-refractivity contribution in [1.82, 2.24) is 0 Å². The van der Waals surface area contributed by atoms with Crippen LogP contribution < -0.4 is 0 Å². The van der Waals surface area contributed by atoms with Crippen LogP contribution in [0.1, 0.15) is 25.3 Å². The van der Waals surface area contributed by atoms with Crippen molar-refractivity contribution < 1.29 is 5.11 Å². The first kappa shape index (κ1) is 13.0. The van der Waals surface area contributed by atoms with E-state index in [1.54, 1.807) is 6.07 Å². The van der Waals surface area contributed by atoms with Crippen LogP contribution in [0.4, 0.5) is 0 Å². The fourth-order valence-electron chi connectivity index (χ4n) is 1.09. The van der Waals surface area contributed by atoms with Crippen molar-refractivity contribution >= 4 is 10.2 Å². The van der Waals surface area contributed by atoms with Gasteiger partial charge in [0.2, 0.25) is 0 Å². The lowest BCUT2D eigenvalue weighted by molar-refractivity contribution is 0.467. The molecule has 0 aliphatic heterocycles. The Hall–Kier alpha value is -1.02. The molecule has 0 radical (unpaired) electrons. The van der Waals surface area contributed by atoms with E-state index in [0.717, 1.165) is 28.6 Å². The van der Waals surface area contributed by atoms with Crippen molar-refractivity contribution in [2.75, 3.05) is 0 Å². The average Bonchev–Trinajstić information content (AvgIpc) is 2.18. The maximum Gasteiger partial charge on any atom is 0.118 e. The number of rotatable bonds is 3. The Morgan fingerprint density at radius 3 is 2.50 bits per heavy atom. The summed E-state index contributed by atoms with van der Waals surface area (Å²) in [6.45, 7) is 5.58. The van der Waals surface area contributed by atoms with E-state index >= 15 is 0 Å². The molecule has 0 aliphatic rings. The number of hydrogen-bond donors (Lipinski definition) is 1. The third-order valence-corrected chi connectivity index (χ3v) is 1.79. The van der Waals surface area contributed by atoms with Gasteiger partial charge in [-0.2, -0.15) is 0 Å². The van der Waals surface area contributed by atoms with Crippen molar-refractivity contribution in [3.8, 4) is 5.75 Å². The Bertz CT molecular complexity index is 258. The molecular formula is C12H20OSi. The maximum atomic E-state index is 9.34. The lowest BCUT2D eigenvalue weighted by Gasteiger charge is -2.01. The molecule has 0 amide bonds.